The number of hydrogen-bond acceptors (Lipinski definition) is 6. The lowest BCUT2D eigenvalue weighted by Gasteiger charge is -2.32. The Balaban J connectivity index is 1.45. The molecule has 3 heterocycles. The predicted octanol–water partition coefficient (Wildman–Crippen LogP) is 5.48. The molecular formula is C25H23ClF6N4O3S. The van der Waals surface area contributed by atoms with Crippen LogP contribution in [0.4, 0.5) is 32.0 Å². The van der Waals surface area contributed by atoms with Gasteiger partial charge in [0.25, 0.3) is 5.60 Å². The van der Waals surface area contributed by atoms with Gasteiger partial charge in [-0.15, -0.1) is 0 Å². The van der Waals surface area contributed by atoms with Crippen molar-refractivity contribution in [3.63, 3.8) is 0 Å². The number of sulfonamides is 1. The molecule has 1 fully saturated rings. The molecule has 3 aliphatic rings. The van der Waals surface area contributed by atoms with Crippen LogP contribution in [0.2, 0.25) is 5.02 Å². The average Bonchev–Trinajstić information content (AvgIpc) is 3.67. The Morgan fingerprint density at radius 1 is 1.00 bits per heavy atom. The number of benzene rings is 1. The van der Waals surface area contributed by atoms with Crippen LogP contribution in [0.25, 0.3) is 5.57 Å². The van der Waals surface area contributed by atoms with Crippen LogP contribution in [0.3, 0.4) is 0 Å². The molecule has 1 aromatic heterocycles. The lowest BCUT2D eigenvalue weighted by Crippen LogP contribution is -2.62. The molecule has 5 rings (SSSR count). The Morgan fingerprint density at radius 2 is 1.68 bits per heavy atom. The molecule has 1 aromatic carbocycles. The number of alkyl halides is 6. The van der Waals surface area contributed by atoms with Crippen LogP contribution in [0, 0.1) is 0 Å². The minimum absolute atomic E-state index is 0.0303. The Hall–Kier alpha value is -2.68. The summed E-state index contributed by atoms with van der Waals surface area (Å²) in [5.74, 6) is 0. The third kappa shape index (κ3) is 4.99. The van der Waals surface area contributed by atoms with Crippen molar-refractivity contribution >= 4 is 38.6 Å². The summed E-state index contributed by atoms with van der Waals surface area (Å²) in [5.41, 5.74) is -5.13. The molecule has 1 unspecified atom stereocenters. The second-order valence-electron chi connectivity index (χ2n) is 9.83. The molecule has 2 aromatic rings. The summed E-state index contributed by atoms with van der Waals surface area (Å²) in [6.45, 7) is 0.465. The largest absolute Gasteiger partial charge is 0.431 e. The summed E-state index contributed by atoms with van der Waals surface area (Å²) in [6.07, 6.45) is -8.31. The van der Waals surface area contributed by atoms with Crippen LogP contribution < -0.4 is 5.01 Å². The highest BCUT2D eigenvalue weighted by Gasteiger charge is 2.74. The molecule has 1 atom stereocenters. The molecule has 1 aliphatic carbocycles. The lowest BCUT2D eigenvalue weighted by molar-refractivity contribution is -0.338. The number of halogens is 7. The minimum Gasteiger partial charge on any atom is -0.369 e. The van der Waals surface area contributed by atoms with Gasteiger partial charge in [-0.25, -0.2) is 8.42 Å². The first-order chi connectivity index (χ1) is 18.6. The van der Waals surface area contributed by atoms with Crippen molar-refractivity contribution in [2.24, 2.45) is 5.10 Å². The number of rotatable bonds is 6. The number of pyridine rings is 1. The molecule has 0 bridgehead atoms. The van der Waals surface area contributed by atoms with Gasteiger partial charge in [-0.2, -0.15) is 35.7 Å². The predicted molar refractivity (Wildman–Crippen MR) is 136 cm³/mol. The third-order valence-corrected chi connectivity index (χ3v) is 9.91. The van der Waals surface area contributed by atoms with E-state index >= 15 is 0 Å². The first-order valence-electron chi connectivity index (χ1n) is 12.3. The summed E-state index contributed by atoms with van der Waals surface area (Å²) in [7, 11) is -3.33. The summed E-state index contributed by atoms with van der Waals surface area (Å²) in [5, 5.41) is 14.3. The Bertz CT molecular complexity index is 1440. The number of hydrazone groups is 1. The zero-order valence-corrected chi connectivity index (χ0v) is 22.2. The monoisotopic (exact) mass is 608 g/mol. The van der Waals surface area contributed by atoms with Crippen molar-refractivity contribution in [2.75, 3.05) is 18.1 Å². The Kier molecular flexibility index (Phi) is 7.21. The molecule has 0 saturated heterocycles. The van der Waals surface area contributed by atoms with E-state index in [1.165, 1.54) is 40.8 Å². The van der Waals surface area contributed by atoms with Gasteiger partial charge in [0.05, 0.1) is 33.4 Å². The Labute approximate surface area is 230 Å². The zero-order chi connectivity index (χ0) is 29.1. The maximum absolute atomic E-state index is 13.6. The highest BCUT2D eigenvalue weighted by atomic mass is 35.5. The molecule has 40 heavy (non-hydrogen) atoms. The van der Waals surface area contributed by atoms with E-state index in [2.05, 4.69) is 10.1 Å². The van der Waals surface area contributed by atoms with Crippen molar-refractivity contribution < 1.29 is 39.9 Å². The number of aliphatic hydroxyl groups is 1. The number of para-hydroxylation sites is 1. The van der Waals surface area contributed by atoms with Gasteiger partial charge >= 0.3 is 12.4 Å². The lowest BCUT2D eigenvalue weighted by atomic mass is 9.90. The summed E-state index contributed by atoms with van der Waals surface area (Å²) >= 11 is 6.21. The molecule has 1 N–H and O–H groups in total. The maximum atomic E-state index is 13.6. The molecule has 0 radical (unpaired) electrons. The summed E-state index contributed by atoms with van der Waals surface area (Å²) < 4.78 is 108. The van der Waals surface area contributed by atoms with Crippen molar-refractivity contribution in [3.8, 4) is 0 Å². The Morgan fingerprint density at radius 3 is 2.20 bits per heavy atom. The number of aromatic nitrogens is 1. The van der Waals surface area contributed by atoms with E-state index in [1.807, 2.05) is 0 Å². The van der Waals surface area contributed by atoms with Gasteiger partial charge in [0.15, 0.2) is 0 Å². The van der Waals surface area contributed by atoms with Crippen molar-refractivity contribution in [1.29, 1.82) is 0 Å². The molecule has 0 amide bonds. The van der Waals surface area contributed by atoms with Crippen LogP contribution in [0.5, 0.6) is 0 Å². The maximum Gasteiger partial charge on any atom is 0.431 e. The van der Waals surface area contributed by atoms with E-state index in [-0.39, 0.29) is 34.6 Å². The number of nitrogens with zero attached hydrogens (tertiary/aromatic N) is 4. The first kappa shape index (κ1) is 28.8. The van der Waals surface area contributed by atoms with Crippen LogP contribution in [-0.2, 0) is 10.0 Å². The third-order valence-electron chi connectivity index (χ3n) is 7.23. The molecule has 1 saturated carbocycles. The summed E-state index contributed by atoms with van der Waals surface area (Å²) in [4.78, 5) is 4.36. The van der Waals surface area contributed by atoms with E-state index in [0.717, 1.165) is 10.6 Å². The van der Waals surface area contributed by atoms with Crippen LogP contribution >= 0.6 is 11.6 Å². The van der Waals surface area contributed by atoms with E-state index in [1.54, 1.807) is 12.1 Å². The fraction of sp³-hybridized carbons (Fsp3) is 0.440. The highest BCUT2D eigenvalue weighted by molar-refractivity contribution is 7.90. The summed E-state index contributed by atoms with van der Waals surface area (Å²) in [6, 6.07) is 7.71. The second kappa shape index (κ2) is 10.00. The smallest absolute Gasteiger partial charge is 0.369 e. The molecule has 2 aliphatic heterocycles. The normalized spacial score (nSPS) is 21.4. The SMILES string of the molecule is O=S(=O)(C1CC1)N1CC=C(c2ccc(C3CC(C(O)(C(F)(F)F)C(F)(F)F)=NN3c3ccccc3Cl)cn2)CC1. The molecule has 0 spiro atoms. The number of anilines is 1. The molecule has 216 valence electrons. The van der Waals surface area contributed by atoms with Crippen molar-refractivity contribution in [3.05, 3.63) is 65.0 Å². The fourth-order valence-electron chi connectivity index (χ4n) is 4.82. The van der Waals surface area contributed by atoms with Gasteiger partial charge in [0.2, 0.25) is 10.0 Å². The van der Waals surface area contributed by atoms with Gasteiger partial charge in [0.1, 0.15) is 0 Å². The second-order valence-corrected chi connectivity index (χ2v) is 12.4. The van der Waals surface area contributed by atoms with Crippen LogP contribution in [0.1, 0.15) is 43.0 Å². The van der Waals surface area contributed by atoms with Gasteiger partial charge in [0, 0.05) is 25.7 Å². The topological polar surface area (TPSA) is 86.1 Å². The van der Waals surface area contributed by atoms with Gasteiger partial charge < -0.3 is 5.11 Å². The highest BCUT2D eigenvalue weighted by Crippen LogP contribution is 2.49. The van der Waals surface area contributed by atoms with E-state index in [4.69, 9.17) is 11.6 Å². The molecular weight excluding hydrogens is 586 g/mol. The van der Waals surface area contributed by atoms with E-state index < -0.39 is 46.2 Å². The van der Waals surface area contributed by atoms with E-state index in [9.17, 15) is 39.9 Å². The van der Waals surface area contributed by atoms with Gasteiger partial charge in [-0.3, -0.25) is 9.99 Å². The van der Waals surface area contributed by atoms with Crippen LogP contribution in [0.15, 0.2) is 53.8 Å². The average molecular weight is 609 g/mol. The number of hydrogen-bond donors (Lipinski definition) is 1. The van der Waals surface area contributed by atoms with Gasteiger partial charge in [-0.1, -0.05) is 35.9 Å². The standard InChI is InChI=1S/C25H23ClF6N4O3S/c26-18-3-1-2-4-20(18)36-21(13-22(34-36)23(37,24(27,28)29)25(30,31)32)16-5-8-19(33-14-16)15-9-11-35(12-10-15)40(38,39)17-6-7-17/h1-5,8-9,14,17,21,37H,6-7,10-13H2. The van der Waals surface area contributed by atoms with E-state index in [0.29, 0.717) is 25.0 Å². The van der Waals surface area contributed by atoms with Crippen molar-refractivity contribution in [1.82, 2.24) is 9.29 Å². The first-order valence-corrected chi connectivity index (χ1v) is 14.1. The zero-order valence-electron chi connectivity index (χ0n) is 20.6. The molecule has 15 heteroatoms. The van der Waals surface area contributed by atoms with Gasteiger partial charge in [-0.05, 0) is 48.6 Å². The van der Waals surface area contributed by atoms with Crippen LogP contribution in [-0.4, -0.2) is 64.8 Å². The quantitative estimate of drug-likeness (QED) is 0.439. The minimum atomic E-state index is -6.08. The van der Waals surface area contributed by atoms with Crippen molar-refractivity contribution in [2.45, 2.75) is 54.9 Å². The molecule has 7 nitrogen and oxygen atoms in total. The fourth-order valence-corrected chi connectivity index (χ4v) is 6.82.